The summed E-state index contributed by atoms with van der Waals surface area (Å²) in [6, 6.07) is 6.87. The predicted octanol–water partition coefficient (Wildman–Crippen LogP) is 4.81. The Bertz CT molecular complexity index is 694. The van der Waals surface area contributed by atoms with Crippen LogP contribution in [0, 0.1) is 17.2 Å². The number of halogens is 1. The summed E-state index contributed by atoms with van der Waals surface area (Å²) < 4.78 is 39.5. The zero-order valence-electron chi connectivity index (χ0n) is 18.1. The van der Waals surface area contributed by atoms with Gasteiger partial charge in [-0.1, -0.05) is 34.1 Å². The van der Waals surface area contributed by atoms with E-state index >= 15 is 0 Å². The van der Waals surface area contributed by atoms with Gasteiger partial charge in [-0.2, -0.15) is 0 Å². The molecule has 2 atom stereocenters. The van der Waals surface area contributed by atoms with Crippen LogP contribution in [-0.2, 0) is 10.0 Å². The number of rotatable bonds is 9. The van der Waals surface area contributed by atoms with Gasteiger partial charge >= 0.3 is 0 Å². The summed E-state index contributed by atoms with van der Waals surface area (Å²) in [5, 5.41) is 0. The van der Waals surface area contributed by atoms with Gasteiger partial charge in [0.15, 0.2) is 0 Å². The summed E-state index contributed by atoms with van der Waals surface area (Å²) in [5.41, 5.74) is 0.520. The summed E-state index contributed by atoms with van der Waals surface area (Å²) in [6.45, 7) is 15.5. The van der Waals surface area contributed by atoms with Gasteiger partial charge in [0.05, 0.1) is 6.26 Å². The Morgan fingerprint density at radius 2 is 1.63 bits per heavy atom. The van der Waals surface area contributed by atoms with Gasteiger partial charge in [-0.15, -0.1) is 0 Å². The molecule has 0 aliphatic rings. The molecule has 0 bridgehead atoms. The van der Waals surface area contributed by atoms with Crippen LogP contribution in [-0.4, -0.2) is 32.8 Å². The van der Waals surface area contributed by atoms with Crippen LogP contribution in [0.5, 0.6) is 0 Å². The minimum atomic E-state index is -3.27. The lowest BCUT2D eigenvalue weighted by Gasteiger charge is -2.42. The Kier molecular flexibility index (Phi) is 7.88. The first-order valence-corrected chi connectivity index (χ1v) is 11.5. The maximum Gasteiger partial charge on any atom is 0.209 e. The van der Waals surface area contributed by atoms with Gasteiger partial charge in [0, 0.05) is 23.8 Å². The fourth-order valence-corrected chi connectivity index (χ4v) is 4.56. The number of benzene rings is 1. The highest BCUT2D eigenvalue weighted by Gasteiger charge is 2.31. The zero-order valence-corrected chi connectivity index (χ0v) is 19.0. The number of hydrogen-bond donors (Lipinski definition) is 1. The summed E-state index contributed by atoms with van der Waals surface area (Å²) in [7, 11) is -3.27. The molecule has 0 amide bonds. The third kappa shape index (κ3) is 8.18. The number of nitrogens with one attached hydrogen (secondary N) is 1. The Hall–Kier alpha value is -1.14. The molecule has 0 spiro atoms. The maximum atomic E-state index is 13.4. The second-order valence-electron chi connectivity index (χ2n) is 9.41. The van der Waals surface area contributed by atoms with Gasteiger partial charge < -0.3 is 4.90 Å². The Morgan fingerprint density at radius 3 is 2.04 bits per heavy atom. The van der Waals surface area contributed by atoms with Gasteiger partial charge in [-0.05, 0) is 62.8 Å². The third-order valence-corrected chi connectivity index (χ3v) is 6.10. The minimum Gasteiger partial charge on any atom is -0.368 e. The Morgan fingerprint density at radius 1 is 1.11 bits per heavy atom. The summed E-state index contributed by atoms with van der Waals surface area (Å²) in [4.78, 5) is 2.32. The highest BCUT2D eigenvalue weighted by Crippen LogP contribution is 2.31. The average Bonchev–Trinajstić information content (AvgIpc) is 2.48. The first kappa shape index (κ1) is 23.9. The van der Waals surface area contributed by atoms with Gasteiger partial charge in [0.25, 0.3) is 0 Å². The van der Waals surface area contributed by atoms with E-state index in [4.69, 9.17) is 0 Å². The maximum absolute atomic E-state index is 13.4. The predicted molar refractivity (Wildman–Crippen MR) is 113 cm³/mol. The molecule has 0 aliphatic heterocycles. The molecule has 0 aromatic heterocycles. The molecule has 6 heteroatoms. The topological polar surface area (TPSA) is 49.4 Å². The minimum absolute atomic E-state index is 0.0488. The fraction of sp³-hybridized carbons (Fsp3) is 0.714. The lowest BCUT2D eigenvalue weighted by molar-refractivity contribution is 0.283. The molecule has 0 fully saturated rings. The van der Waals surface area contributed by atoms with E-state index in [1.54, 1.807) is 0 Å². The largest absolute Gasteiger partial charge is 0.368 e. The molecule has 27 heavy (non-hydrogen) atoms. The molecular formula is C21H37FN2O2S. The second-order valence-corrected chi connectivity index (χ2v) is 11.2. The molecule has 1 aromatic rings. The molecule has 156 valence electrons. The van der Waals surface area contributed by atoms with Crippen LogP contribution in [0.1, 0.15) is 61.3 Å². The van der Waals surface area contributed by atoms with E-state index in [0.717, 1.165) is 25.1 Å². The Labute approximate surface area is 165 Å². The van der Waals surface area contributed by atoms with Crippen LogP contribution < -0.4 is 9.62 Å². The fourth-order valence-electron chi connectivity index (χ4n) is 3.47. The molecule has 1 N–H and O–H groups in total. The quantitative estimate of drug-likeness (QED) is 0.647. The van der Waals surface area contributed by atoms with Crippen molar-refractivity contribution >= 4 is 15.7 Å². The normalized spacial score (nSPS) is 15.4. The van der Waals surface area contributed by atoms with Crippen LogP contribution in [0.4, 0.5) is 10.1 Å². The van der Waals surface area contributed by atoms with Crippen LogP contribution in [0.2, 0.25) is 0 Å². The smallest absolute Gasteiger partial charge is 0.209 e. The zero-order chi connectivity index (χ0) is 21.0. The van der Waals surface area contributed by atoms with E-state index in [2.05, 4.69) is 44.2 Å². The van der Waals surface area contributed by atoms with Gasteiger partial charge in [0.2, 0.25) is 10.0 Å². The highest BCUT2D eigenvalue weighted by atomic mass is 32.2. The highest BCUT2D eigenvalue weighted by molar-refractivity contribution is 7.88. The molecule has 1 aromatic carbocycles. The van der Waals surface area contributed by atoms with Crippen molar-refractivity contribution in [3.05, 3.63) is 30.1 Å². The second kappa shape index (κ2) is 8.91. The van der Waals surface area contributed by atoms with Crippen LogP contribution in [0.25, 0.3) is 0 Å². The SMILES string of the molecule is CCC(CN(c1ccc(F)cc1)C(C)C(C)(C)C)CC(C)(C)NS(C)(=O)=O. The van der Waals surface area contributed by atoms with Crippen molar-refractivity contribution in [3.63, 3.8) is 0 Å². The number of hydrogen-bond acceptors (Lipinski definition) is 3. The molecule has 0 saturated carbocycles. The van der Waals surface area contributed by atoms with E-state index in [1.165, 1.54) is 18.4 Å². The van der Waals surface area contributed by atoms with E-state index in [0.29, 0.717) is 5.92 Å². The lowest BCUT2D eigenvalue weighted by Crippen LogP contribution is -2.48. The molecular weight excluding hydrogens is 363 g/mol. The van der Waals surface area contributed by atoms with Crippen LogP contribution in [0.15, 0.2) is 24.3 Å². The van der Waals surface area contributed by atoms with Gasteiger partial charge in [0.1, 0.15) is 5.82 Å². The van der Waals surface area contributed by atoms with Crippen molar-refractivity contribution in [2.24, 2.45) is 11.3 Å². The van der Waals surface area contributed by atoms with Crippen molar-refractivity contribution in [2.75, 3.05) is 17.7 Å². The molecule has 0 heterocycles. The summed E-state index contributed by atoms with van der Waals surface area (Å²) in [5.74, 6) is 0.0525. The van der Waals surface area contributed by atoms with E-state index < -0.39 is 15.6 Å². The molecule has 1 rings (SSSR count). The van der Waals surface area contributed by atoms with Crippen molar-refractivity contribution in [1.29, 1.82) is 0 Å². The first-order valence-electron chi connectivity index (χ1n) is 9.66. The molecule has 4 nitrogen and oxygen atoms in total. The van der Waals surface area contributed by atoms with Crippen molar-refractivity contribution < 1.29 is 12.8 Å². The molecule has 2 unspecified atom stereocenters. The number of nitrogens with zero attached hydrogens (tertiary/aromatic N) is 1. The Balaban J connectivity index is 3.09. The van der Waals surface area contributed by atoms with E-state index in [1.807, 2.05) is 26.0 Å². The average molecular weight is 401 g/mol. The summed E-state index contributed by atoms with van der Waals surface area (Å²) in [6.07, 6.45) is 2.86. The van der Waals surface area contributed by atoms with Gasteiger partial charge in [-0.25, -0.2) is 17.5 Å². The van der Waals surface area contributed by atoms with Crippen molar-refractivity contribution in [3.8, 4) is 0 Å². The monoisotopic (exact) mass is 400 g/mol. The van der Waals surface area contributed by atoms with E-state index in [9.17, 15) is 12.8 Å². The number of sulfonamides is 1. The van der Waals surface area contributed by atoms with Crippen molar-refractivity contribution in [2.45, 2.75) is 72.9 Å². The van der Waals surface area contributed by atoms with Crippen LogP contribution in [0.3, 0.4) is 0 Å². The van der Waals surface area contributed by atoms with Crippen LogP contribution >= 0.6 is 0 Å². The van der Waals surface area contributed by atoms with E-state index in [-0.39, 0.29) is 17.3 Å². The standard InChI is InChI=1S/C21H37FN2O2S/c1-9-17(14-21(6,7)23-27(8,25)26)15-24(16(2)20(3,4)5)19-12-10-18(22)11-13-19/h10-13,16-17,23H,9,14-15H2,1-8H3. The van der Waals surface area contributed by atoms with Crippen molar-refractivity contribution in [1.82, 2.24) is 4.72 Å². The number of anilines is 1. The molecule has 0 aliphatic carbocycles. The molecule has 0 radical (unpaired) electrons. The summed E-state index contributed by atoms with van der Waals surface area (Å²) >= 11 is 0. The lowest BCUT2D eigenvalue weighted by atomic mass is 9.84. The third-order valence-electron chi connectivity index (χ3n) is 5.17. The first-order chi connectivity index (χ1) is 12.1. The molecule has 0 saturated heterocycles. The van der Waals surface area contributed by atoms with Gasteiger partial charge in [-0.3, -0.25) is 0 Å².